The summed E-state index contributed by atoms with van der Waals surface area (Å²) < 4.78 is 5.53. The van der Waals surface area contributed by atoms with Crippen LogP contribution in [0.1, 0.15) is 6.92 Å². The molecule has 5 nitrogen and oxygen atoms in total. The topological polar surface area (TPSA) is 74.1 Å². The first kappa shape index (κ1) is 5.87. The van der Waals surface area contributed by atoms with Crippen LogP contribution in [0.5, 0.6) is 0 Å². The number of nitrogen functional groups attached to an aromatic ring is 1. The minimum atomic E-state index is -0.505. The number of hydrogen-bond acceptors (Lipinski definition) is 4. The molecule has 0 unspecified atom stereocenters. The molecule has 1 heterocycles. The fraction of sp³-hybridized carbons (Fsp3) is 0.500. The van der Waals surface area contributed by atoms with Gasteiger partial charge in [-0.2, -0.15) is 4.68 Å². The van der Waals surface area contributed by atoms with Crippen molar-refractivity contribution in [3.63, 3.8) is 0 Å². The highest BCUT2D eigenvalue weighted by Gasteiger charge is 1.99. The number of rotatable bonds is 1. The van der Waals surface area contributed by atoms with E-state index < -0.39 is 5.76 Å². The van der Waals surface area contributed by atoms with E-state index in [4.69, 9.17) is 5.73 Å². The van der Waals surface area contributed by atoms with Crippen molar-refractivity contribution in [2.75, 3.05) is 5.73 Å². The lowest BCUT2D eigenvalue weighted by molar-refractivity contribution is 0.493. The minimum absolute atomic E-state index is 0.0816. The first-order valence-electron chi connectivity index (χ1n) is 2.57. The summed E-state index contributed by atoms with van der Waals surface area (Å²) >= 11 is 0. The molecular weight excluding hydrogens is 122 g/mol. The molecule has 0 aliphatic rings. The summed E-state index contributed by atoms with van der Waals surface area (Å²) in [6.45, 7) is 2.27. The predicted molar refractivity (Wildman–Crippen MR) is 30.8 cm³/mol. The van der Waals surface area contributed by atoms with Crippen molar-refractivity contribution in [2.24, 2.45) is 0 Å². The largest absolute Gasteiger partial charge is 0.438 e. The van der Waals surface area contributed by atoms with Crippen LogP contribution >= 0.6 is 0 Å². The molecule has 1 rings (SSSR count). The summed E-state index contributed by atoms with van der Waals surface area (Å²) in [5.74, 6) is -0.505. The molecule has 0 atom stereocenters. The maximum absolute atomic E-state index is 10.5. The molecule has 0 amide bonds. The molecule has 0 saturated carbocycles. The average Bonchev–Trinajstić information content (AvgIpc) is 2.10. The fourth-order valence-electron chi connectivity index (χ4n) is 0.522. The zero-order valence-corrected chi connectivity index (χ0v) is 5.00. The van der Waals surface area contributed by atoms with Crippen LogP contribution in [0, 0.1) is 0 Å². The van der Waals surface area contributed by atoms with Gasteiger partial charge in [-0.1, -0.05) is 0 Å². The van der Waals surface area contributed by atoms with Crippen LogP contribution in [0.15, 0.2) is 9.21 Å². The van der Waals surface area contributed by atoms with E-state index in [0.717, 1.165) is 4.68 Å². The molecule has 2 N–H and O–H groups in total. The van der Waals surface area contributed by atoms with Gasteiger partial charge in [0.15, 0.2) is 0 Å². The number of hydrogen-bond donors (Lipinski definition) is 1. The zero-order chi connectivity index (χ0) is 6.85. The molecule has 50 valence electrons. The third-order valence-electron chi connectivity index (χ3n) is 0.921. The lowest BCUT2D eigenvalue weighted by Gasteiger charge is -1.83. The molecule has 0 saturated heterocycles. The molecule has 0 bridgehead atoms. The van der Waals surface area contributed by atoms with E-state index in [9.17, 15) is 4.79 Å². The van der Waals surface area contributed by atoms with Crippen LogP contribution in [0.4, 0.5) is 6.01 Å². The smallest absolute Gasteiger partial charge is 0.373 e. The monoisotopic (exact) mass is 129 g/mol. The second kappa shape index (κ2) is 1.93. The molecule has 0 radical (unpaired) electrons. The van der Waals surface area contributed by atoms with Gasteiger partial charge >= 0.3 is 11.8 Å². The van der Waals surface area contributed by atoms with Crippen molar-refractivity contribution in [2.45, 2.75) is 13.5 Å². The van der Waals surface area contributed by atoms with Crippen LogP contribution < -0.4 is 11.5 Å². The van der Waals surface area contributed by atoms with E-state index in [0.29, 0.717) is 6.54 Å². The second-order valence-corrected chi connectivity index (χ2v) is 1.52. The molecule has 0 spiro atoms. The molecular formula is C4H7N3O2. The quantitative estimate of drug-likeness (QED) is 0.551. The van der Waals surface area contributed by atoms with Gasteiger partial charge in [0.1, 0.15) is 0 Å². The molecule has 0 aliphatic heterocycles. The van der Waals surface area contributed by atoms with Gasteiger partial charge in [0.2, 0.25) is 0 Å². The molecule has 9 heavy (non-hydrogen) atoms. The Bertz CT molecular complexity index is 249. The molecule has 1 aromatic rings. The highest BCUT2D eigenvalue weighted by Crippen LogP contribution is 1.86. The van der Waals surface area contributed by atoms with Crippen molar-refractivity contribution in [1.29, 1.82) is 0 Å². The van der Waals surface area contributed by atoms with Gasteiger partial charge in [-0.25, -0.2) is 4.79 Å². The maximum Gasteiger partial charge on any atom is 0.438 e. The molecule has 5 heteroatoms. The van der Waals surface area contributed by atoms with Gasteiger partial charge in [-0.05, 0) is 6.92 Å². The molecule has 0 aromatic carbocycles. The lowest BCUT2D eigenvalue weighted by Crippen LogP contribution is -2.13. The number of nitrogens with two attached hydrogens (primary N) is 1. The number of aryl methyl sites for hydroxylation is 1. The first-order valence-corrected chi connectivity index (χ1v) is 2.57. The Balaban J connectivity index is 3.16. The molecule has 1 aromatic heterocycles. The van der Waals surface area contributed by atoms with E-state index in [1.807, 2.05) is 0 Å². The summed E-state index contributed by atoms with van der Waals surface area (Å²) in [6, 6.07) is -0.0816. The number of aromatic nitrogens is 2. The van der Waals surface area contributed by atoms with E-state index in [1.54, 1.807) is 6.92 Å². The van der Waals surface area contributed by atoms with Gasteiger partial charge in [-0.3, -0.25) is 0 Å². The Morgan fingerprint density at radius 2 is 2.56 bits per heavy atom. The number of nitrogens with zero attached hydrogens (tertiary/aromatic N) is 2. The van der Waals surface area contributed by atoms with Crippen LogP contribution in [0.2, 0.25) is 0 Å². The summed E-state index contributed by atoms with van der Waals surface area (Å²) in [5.41, 5.74) is 5.06. The van der Waals surface area contributed by atoms with Crippen molar-refractivity contribution in [1.82, 2.24) is 9.78 Å². The second-order valence-electron chi connectivity index (χ2n) is 1.52. The van der Waals surface area contributed by atoms with E-state index in [1.165, 1.54) is 0 Å². The van der Waals surface area contributed by atoms with Crippen molar-refractivity contribution in [3.8, 4) is 0 Å². The van der Waals surface area contributed by atoms with Crippen LogP contribution in [-0.4, -0.2) is 9.78 Å². The predicted octanol–water partition coefficient (Wildman–Crippen LogP) is -0.562. The van der Waals surface area contributed by atoms with Gasteiger partial charge in [0.25, 0.3) is 0 Å². The van der Waals surface area contributed by atoms with Crippen molar-refractivity contribution < 1.29 is 4.42 Å². The molecule has 0 fully saturated rings. The van der Waals surface area contributed by atoms with E-state index in [2.05, 4.69) is 9.52 Å². The van der Waals surface area contributed by atoms with Crippen LogP contribution in [-0.2, 0) is 6.54 Å². The standard InChI is InChI=1S/C4H7N3O2/c1-2-7-4(8)9-3(5)6-7/h2H2,1H3,(H2,5,6). The highest BCUT2D eigenvalue weighted by molar-refractivity contribution is 5.02. The Hall–Kier alpha value is -1.26. The SMILES string of the molecule is CCn1nc(N)oc1=O. The van der Waals surface area contributed by atoms with Crippen molar-refractivity contribution >= 4 is 6.01 Å². The number of anilines is 1. The summed E-state index contributed by atoms with van der Waals surface area (Å²) in [7, 11) is 0. The van der Waals surface area contributed by atoms with Gasteiger partial charge < -0.3 is 10.2 Å². The average molecular weight is 129 g/mol. The maximum atomic E-state index is 10.5. The summed E-state index contributed by atoms with van der Waals surface area (Å²) in [6.07, 6.45) is 0. The van der Waals surface area contributed by atoms with Gasteiger partial charge in [0.05, 0.1) is 0 Å². The Morgan fingerprint density at radius 3 is 2.78 bits per heavy atom. The summed E-state index contributed by atoms with van der Waals surface area (Å²) in [5, 5.41) is 3.54. The van der Waals surface area contributed by atoms with E-state index in [-0.39, 0.29) is 6.01 Å². The van der Waals surface area contributed by atoms with Gasteiger partial charge in [0, 0.05) is 6.54 Å². The van der Waals surface area contributed by atoms with Gasteiger partial charge in [-0.15, -0.1) is 5.10 Å². The molecule has 0 aliphatic carbocycles. The van der Waals surface area contributed by atoms with E-state index >= 15 is 0 Å². The minimum Gasteiger partial charge on any atom is -0.373 e. The lowest BCUT2D eigenvalue weighted by atomic mass is 10.8. The Labute approximate surface area is 51.1 Å². The van der Waals surface area contributed by atoms with Crippen LogP contribution in [0.25, 0.3) is 0 Å². The fourth-order valence-corrected chi connectivity index (χ4v) is 0.522. The zero-order valence-electron chi connectivity index (χ0n) is 5.00. The highest BCUT2D eigenvalue weighted by atomic mass is 16.4. The summed E-state index contributed by atoms with van der Waals surface area (Å²) in [4.78, 5) is 10.5. The normalized spacial score (nSPS) is 9.89. The first-order chi connectivity index (χ1) is 4.24. The van der Waals surface area contributed by atoms with Crippen LogP contribution in [0.3, 0.4) is 0 Å². The third kappa shape index (κ3) is 0.933. The van der Waals surface area contributed by atoms with Crippen molar-refractivity contribution in [3.05, 3.63) is 10.6 Å². The third-order valence-corrected chi connectivity index (χ3v) is 0.921. The Morgan fingerprint density at radius 1 is 1.89 bits per heavy atom. The Kier molecular flexibility index (Phi) is 1.26.